The number of anilines is 2. The Morgan fingerprint density at radius 2 is 1.30 bits per heavy atom. The van der Waals surface area contributed by atoms with E-state index in [9.17, 15) is 34.2 Å². The lowest BCUT2D eigenvalue weighted by Gasteiger charge is -2.32. The lowest BCUT2D eigenvalue weighted by Crippen LogP contribution is -2.47. The summed E-state index contributed by atoms with van der Waals surface area (Å²) in [6.07, 6.45) is -2.34. The molecule has 2 fully saturated rings. The van der Waals surface area contributed by atoms with Crippen LogP contribution in [0.1, 0.15) is 94.5 Å². The molecule has 0 radical (unpaired) electrons. The third-order valence-corrected chi connectivity index (χ3v) is 8.81. The topological polar surface area (TPSA) is 263 Å². The molecule has 0 spiro atoms. The first-order valence-corrected chi connectivity index (χ1v) is 18.6. The minimum absolute atomic E-state index is 0.0150. The Morgan fingerprint density at radius 1 is 0.825 bits per heavy atom. The van der Waals surface area contributed by atoms with Crippen molar-refractivity contribution in [1.82, 2.24) is 19.1 Å². The van der Waals surface area contributed by atoms with E-state index in [0.29, 0.717) is 0 Å². The number of rotatable bonds is 12. The van der Waals surface area contributed by atoms with E-state index in [2.05, 4.69) is 15.3 Å². The Balaban J connectivity index is 0.000000315. The number of carbonyl (C=O) groups excluding carboxylic acids is 3. The van der Waals surface area contributed by atoms with Gasteiger partial charge in [0, 0.05) is 37.4 Å². The number of hydrogen-bond donors (Lipinski definition) is 5. The molecule has 0 aliphatic carbocycles. The van der Waals surface area contributed by atoms with E-state index in [1.165, 1.54) is 33.7 Å². The molecule has 2 amide bonds. The molecular weight excluding hydrogens is 752 g/mol. The molecule has 2 saturated heterocycles. The molecule has 0 aromatic carbocycles. The second kappa shape index (κ2) is 19.3. The van der Waals surface area contributed by atoms with Crippen molar-refractivity contribution in [2.45, 2.75) is 136 Å². The van der Waals surface area contributed by atoms with Gasteiger partial charge in [0.05, 0.1) is 31.0 Å². The zero-order chi connectivity index (χ0) is 43.0. The molecule has 2 aromatic rings. The Labute approximate surface area is 330 Å². The highest BCUT2D eigenvalue weighted by Crippen LogP contribution is 2.36. The minimum atomic E-state index is -1.07. The van der Waals surface area contributed by atoms with Crippen LogP contribution in [0.2, 0.25) is 0 Å². The maximum atomic E-state index is 12.8. The van der Waals surface area contributed by atoms with Gasteiger partial charge in [-0.25, -0.2) is 19.2 Å². The number of ether oxygens (including phenoxy) is 5. The van der Waals surface area contributed by atoms with Crippen molar-refractivity contribution in [2.75, 3.05) is 30.0 Å². The number of aliphatic hydroxyl groups is 4. The summed E-state index contributed by atoms with van der Waals surface area (Å²) in [5, 5.41) is 41.0. The van der Waals surface area contributed by atoms with Crippen molar-refractivity contribution in [2.24, 2.45) is 11.8 Å². The van der Waals surface area contributed by atoms with Crippen LogP contribution < -0.4 is 21.6 Å². The molecule has 0 bridgehead atoms. The standard InChI is InChI=1S/C21H33N3O8.C16H25N3O6/c1-13-16(27)14(8-10-25)31-17(13)23-9-7-15(22-18(23)28)24(11-21(5,6)30-12-26)19(29)32-20(2,3)4;1-9-12(21)10(6-8-20)24-13(9)19-7-5-11(17-14(19)22)18-15(23)25-16(2,3)4/h7,9,12-14,16-17,25,27H,8,10-11H2,1-6H3;5,7,9-10,12-13,20-21H,6,8H2,1-4H3,(H,17,18,22,23)/t13?,14-,16-,17-;9?,10-,12-,13-/m11/s1. The van der Waals surface area contributed by atoms with Gasteiger partial charge in [-0.2, -0.15) is 9.97 Å². The predicted molar refractivity (Wildman–Crippen MR) is 203 cm³/mol. The summed E-state index contributed by atoms with van der Waals surface area (Å²) < 4.78 is 29.5. The van der Waals surface area contributed by atoms with Crippen LogP contribution in [0.5, 0.6) is 0 Å². The highest BCUT2D eigenvalue weighted by molar-refractivity contribution is 5.86. The van der Waals surface area contributed by atoms with E-state index >= 15 is 0 Å². The molecule has 57 heavy (non-hydrogen) atoms. The SMILES string of the molecule is CC1[C@@H](O)[C@@H](CCO)O[C@H]1n1ccc(N(CC(C)(C)OC=O)C(=O)OC(C)(C)C)nc1=O.CC1[C@@H](O)[C@@H](CCO)O[C@H]1n1ccc(NC(=O)OC(C)(C)C)nc1=O. The first-order chi connectivity index (χ1) is 26.4. The summed E-state index contributed by atoms with van der Waals surface area (Å²) in [6, 6.07) is 2.90. The Hall–Kier alpha value is -4.47. The van der Waals surface area contributed by atoms with Crippen LogP contribution >= 0.6 is 0 Å². The molecule has 0 saturated carbocycles. The summed E-state index contributed by atoms with van der Waals surface area (Å²) in [5.74, 6) is -0.686. The van der Waals surface area contributed by atoms with E-state index < -0.39 is 83.2 Å². The highest BCUT2D eigenvalue weighted by Gasteiger charge is 2.43. The fraction of sp³-hybridized carbons (Fsp3) is 0.703. The second-order valence-corrected chi connectivity index (χ2v) is 16.5. The molecule has 5 N–H and O–H groups in total. The van der Waals surface area contributed by atoms with Gasteiger partial charge in [-0.3, -0.25) is 24.1 Å². The summed E-state index contributed by atoms with van der Waals surface area (Å²) >= 11 is 0. The molecule has 8 atom stereocenters. The fourth-order valence-corrected chi connectivity index (χ4v) is 6.09. The molecule has 2 aromatic heterocycles. The maximum absolute atomic E-state index is 12.8. The molecule has 2 aliphatic rings. The third kappa shape index (κ3) is 13.0. The van der Waals surface area contributed by atoms with Gasteiger partial charge >= 0.3 is 23.6 Å². The molecule has 2 aliphatic heterocycles. The predicted octanol–water partition coefficient (Wildman–Crippen LogP) is 2.08. The Morgan fingerprint density at radius 3 is 1.72 bits per heavy atom. The zero-order valence-electron chi connectivity index (χ0n) is 34.1. The summed E-state index contributed by atoms with van der Waals surface area (Å²) in [5.41, 5.74) is -3.85. The first-order valence-electron chi connectivity index (χ1n) is 18.6. The van der Waals surface area contributed by atoms with Gasteiger partial charge in [-0.15, -0.1) is 0 Å². The summed E-state index contributed by atoms with van der Waals surface area (Å²) in [4.78, 5) is 69.4. The number of nitrogens with zero attached hydrogens (tertiary/aromatic N) is 5. The van der Waals surface area contributed by atoms with Gasteiger partial charge in [-0.1, -0.05) is 13.8 Å². The largest absolute Gasteiger partial charge is 0.460 e. The number of nitrogens with one attached hydrogen (secondary N) is 1. The van der Waals surface area contributed by atoms with Gasteiger partial charge in [-0.05, 0) is 80.4 Å². The Kier molecular flexibility index (Phi) is 15.9. The minimum Gasteiger partial charge on any atom is -0.460 e. The van der Waals surface area contributed by atoms with Crippen LogP contribution in [0.15, 0.2) is 34.1 Å². The van der Waals surface area contributed by atoms with Crippen molar-refractivity contribution in [3.05, 3.63) is 45.5 Å². The van der Waals surface area contributed by atoms with E-state index in [0.717, 1.165) is 4.90 Å². The van der Waals surface area contributed by atoms with Gasteiger partial charge in [0.2, 0.25) is 0 Å². The number of amides is 2. The van der Waals surface area contributed by atoms with Gasteiger partial charge in [0.25, 0.3) is 6.47 Å². The summed E-state index contributed by atoms with van der Waals surface area (Å²) in [7, 11) is 0. The van der Waals surface area contributed by atoms with Crippen LogP contribution in [0, 0.1) is 11.8 Å². The monoisotopic (exact) mass is 810 g/mol. The van der Waals surface area contributed by atoms with Crippen molar-refractivity contribution < 1.29 is 58.5 Å². The van der Waals surface area contributed by atoms with E-state index in [-0.39, 0.29) is 56.6 Å². The zero-order valence-corrected chi connectivity index (χ0v) is 34.1. The number of carbonyl (C=O) groups is 3. The molecule has 4 rings (SSSR count). The molecule has 20 heteroatoms. The molecule has 4 heterocycles. The van der Waals surface area contributed by atoms with Crippen LogP contribution in [0.3, 0.4) is 0 Å². The van der Waals surface area contributed by atoms with Crippen LogP contribution in [-0.2, 0) is 28.5 Å². The lowest BCUT2D eigenvalue weighted by atomic mass is 10.0. The second-order valence-electron chi connectivity index (χ2n) is 16.5. The number of aromatic nitrogens is 4. The Bertz CT molecular complexity index is 1790. The van der Waals surface area contributed by atoms with E-state index in [4.69, 9.17) is 33.9 Å². The smallest absolute Gasteiger partial charge is 0.416 e. The van der Waals surface area contributed by atoms with Crippen molar-refractivity contribution in [3.8, 4) is 0 Å². The van der Waals surface area contributed by atoms with Crippen LogP contribution in [-0.4, -0.2) is 119 Å². The number of hydrogen-bond acceptors (Lipinski definition) is 16. The number of aliphatic hydroxyl groups excluding tert-OH is 4. The molecular formula is C37H58N6O14. The normalized spacial score (nSPS) is 24.9. The van der Waals surface area contributed by atoms with Gasteiger partial charge in [0.15, 0.2) is 0 Å². The van der Waals surface area contributed by atoms with Crippen molar-refractivity contribution in [1.29, 1.82) is 0 Å². The molecule has 20 nitrogen and oxygen atoms in total. The maximum Gasteiger partial charge on any atom is 0.416 e. The van der Waals surface area contributed by atoms with E-state index in [1.54, 1.807) is 69.2 Å². The average Bonchev–Trinajstić information content (AvgIpc) is 3.51. The lowest BCUT2D eigenvalue weighted by molar-refractivity contribution is -0.139. The average molecular weight is 811 g/mol. The third-order valence-electron chi connectivity index (χ3n) is 8.81. The molecule has 320 valence electrons. The van der Waals surface area contributed by atoms with E-state index in [1.807, 2.05) is 0 Å². The van der Waals surface area contributed by atoms with Crippen LogP contribution in [0.25, 0.3) is 0 Å². The highest BCUT2D eigenvalue weighted by atomic mass is 16.6. The van der Waals surface area contributed by atoms with Crippen molar-refractivity contribution in [3.63, 3.8) is 0 Å². The first kappa shape index (κ1) is 46.9. The fourth-order valence-electron chi connectivity index (χ4n) is 6.09. The quantitative estimate of drug-likeness (QED) is 0.152. The van der Waals surface area contributed by atoms with Gasteiger partial charge in [0.1, 0.15) is 40.9 Å². The summed E-state index contributed by atoms with van der Waals surface area (Å²) in [6.45, 7) is 16.9. The van der Waals surface area contributed by atoms with Crippen LogP contribution in [0.4, 0.5) is 21.2 Å². The molecule has 2 unspecified atom stereocenters. The van der Waals surface area contributed by atoms with Crippen molar-refractivity contribution >= 4 is 30.3 Å². The van der Waals surface area contributed by atoms with Gasteiger partial charge < -0.3 is 44.1 Å².